The number of hydrogen-bond acceptors (Lipinski definition) is 3. The maximum Gasteiger partial charge on any atom is 0.305 e. The first-order valence-electron chi connectivity index (χ1n) is 4.59. The number of nitrogens with zero attached hydrogens (tertiary/aromatic N) is 2. The van der Waals surface area contributed by atoms with Crippen LogP contribution in [-0.4, -0.2) is 40.5 Å². The summed E-state index contributed by atoms with van der Waals surface area (Å²) in [5, 5.41) is 8.45. The summed E-state index contributed by atoms with van der Waals surface area (Å²) in [6.07, 6.45) is 1.05. The van der Waals surface area contributed by atoms with Gasteiger partial charge in [0.05, 0.1) is 6.42 Å². The Kier molecular flexibility index (Phi) is 3.93. The molecule has 0 fully saturated rings. The van der Waals surface area contributed by atoms with E-state index in [-0.39, 0.29) is 18.5 Å². The molecule has 0 radical (unpaired) electrons. The van der Waals surface area contributed by atoms with Gasteiger partial charge in [-0.3, -0.25) is 9.59 Å². The van der Waals surface area contributed by atoms with E-state index in [1.54, 1.807) is 0 Å². The Balaban J connectivity index is 2.67. The molecule has 6 heteroatoms. The summed E-state index contributed by atoms with van der Waals surface area (Å²) in [4.78, 5) is 26.5. The van der Waals surface area contributed by atoms with Gasteiger partial charge in [0.2, 0.25) is 5.95 Å². The van der Waals surface area contributed by atoms with Crippen molar-refractivity contribution in [3.63, 3.8) is 0 Å². The molecule has 0 aromatic carbocycles. The van der Waals surface area contributed by atoms with Crippen molar-refractivity contribution in [1.29, 1.82) is 0 Å². The lowest BCUT2D eigenvalue weighted by molar-refractivity contribution is -0.137. The third kappa shape index (κ3) is 3.30. The van der Waals surface area contributed by atoms with Gasteiger partial charge in [0.1, 0.15) is 0 Å². The molecule has 0 aliphatic rings. The van der Waals surface area contributed by atoms with E-state index in [9.17, 15) is 14.0 Å². The maximum atomic E-state index is 12.7. The molecular formula is C10H11FN2O3. The highest BCUT2D eigenvalue weighted by Crippen LogP contribution is 2.04. The van der Waals surface area contributed by atoms with Gasteiger partial charge in [0, 0.05) is 31.4 Å². The van der Waals surface area contributed by atoms with Crippen LogP contribution in [-0.2, 0) is 4.79 Å². The fourth-order valence-corrected chi connectivity index (χ4v) is 1.12. The number of halogens is 1. The summed E-state index contributed by atoms with van der Waals surface area (Å²) in [7, 11) is 1.46. The molecule has 16 heavy (non-hydrogen) atoms. The highest BCUT2D eigenvalue weighted by Gasteiger charge is 2.13. The fourth-order valence-electron chi connectivity index (χ4n) is 1.12. The minimum atomic E-state index is -0.986. The number of amides is 1. The summed E-state index contributed by atoms with van der Waals surface area (Å²) in [6.45, 7) is 0.0815. The Bertz CT molecular complexity index is 409. The maximum absolute atomic E-state index is 12.7. The van der Waals surface area contributed by atoms with Crippen LogP contribution in [0.25, 0.3) is 0 Å². The Morgan fingerprint density at radius 3 is 2.81 bits per heavy atom. The zero-order valence-corrected chi connectivity index (χ0v) is 8.68. The smallest absolute Gasteiger partial charge is 0.305 e. The average Bonchev–Trinajstić information content (AvgIpc) is 2.24. The molecule has 5 nitrogen and oxygen atoms in total. The zero-order chi connectivity index (χ0) is 12.1. The van der Waals surface area contributed by atoms with Crippen LogP contribution in [0.2, 0.25) is 0 Å². The van der Waals surface area contributed by atoms with Crippen LogP contribution in [0.1, 0.15) is 16.8 Å². The molecule has 0 atom stereocenters. The molecule has 0 unspecified atom stereocenters. The zero-order valence-electron chi connectivity index (χ0n) is 8.68. The number of rotatable bonds is 4. The first kappa shape index (κ1) is 12.1. The van der Waals surface area contributed by atoms with Crippen molar-refractivity contribution < 1.29 is 19.1 Å². The van der Waals surface area contributed by atoms with Gasteiger partial charge in [0.15, 0.2) is 0 Å². The number of hydrogen-bond donors (Lipinski definition) is 1. The van der Waals surface area contributed by atoms with Crippen LogP contribution in [0.4, 0.5) is 4.39 Å². The average molecular weight is 226 g/mol. The molecule has 1 rings (SSSR count). The molecule has 0 saturated carbocycles. The molecule has 0 aliphatic carbocycles. The van der Waals surface area contributed by atoms with Crippen molar-refractivity contribution in [2.45, 2.75) is 6.42 Å². The molecular weight excluding hydrogens is 215 g/mol. The Morgan fingerprint density at radius 2 is 2.25 bits per heavy atom. The van der Waals surface area contributed by atoms with Crippen LogP contribution in [0.15, 0.2) is 18.3 Å². The second-order valence-corrected chi connectivity index (χ2v) is 3.24. The van der Waals surface area contributed by atoms with Gasteiger partial charge in [-0.15, -0.1) is 0 Å². The van der Waals surface area contributed by atoms with Crippen molar-refractivity contribution in [1.82, 2.24) is 9.88 Å². The molecule has 0 aliphatic heterocycles. The van der Waals surface area contributed by atoms with Crippen molar-refractivity contribution in [3.8, 4) is 0 Å². The van der Waals surface area contributed by atoms with Gasteiger partial charge in [-0.05, 0) is 6.07 Å². The number of aliphatic carboxylic acids is 1. The molecule has 1 amide bonds. The predicted octanol–water partition coefficient (Wildman–Crippen LogP) is 0.767. The predicted molar refractivity (Wildman–Crippen MR) is 53.4 cm³/mol. The van der Waals surface area contributed by atoms with Crippen LogP contribution < -0.4 is 0 Å². The standard InChI is InChI=1S/C10H11FN2O3/c1-13(5-3-9(14)15)10(16)7-2-4-12-8(11)6-7/h2,4,6H,3,5H2,1H3,(H,14,15). The number of carboxylic acid groups (broad SMARTS) is 1. The van der Waals surface area contributed by atoms with Gasteiger partial charge < -0.3 is 10.0 Å². The summed E-state index contributed by atoms with van der Waals surface area (Å²) in [6, 6.07) is 2.39. The lowest BCUT2D eigenvalue weighted by atomic mass is 10.2. The van der Waals surface area contributed by atoms with E-state index in [0.29, 0.717) is 0 Å². The van der Waals surface area contributed by atoms with E-state index in [2.05, 4.69) is 4.98 Å². The molecule has 1 aromatic rings. The van der Waals surface area contributed by atoms with Crippen molar-refractivity contribution in [3.05, 3.63) is 29.8 Å². The lowest BCUT2D eigenvalue weighted by Gasteiger charge is -2.15. The minimum absolute atomic E-state index is 0.0815. The van der Waals surface area contributed by atoms with Crippen LogP contribution >= 0.6 is 0 Å². The van der Waals surface area contributed by atoms with E-state index in [0.717, 1.165) is 6.07 Å². The van der Waals surface area contributed by atoms with Crippen molar-refractivity contribution >= 4 is 11.9 Å². The SMILES string of the molecule is CN(CCC(=O)O)C(=O)c1ccnc(F)c1. The van der Waals surface area contributed by atoms with Gasteiger partial charge in [0.25, 0.3) is 5.91 Å². The summed E-state index contributed by atoms with van der Waals surface area (Å²) in [5.41, 5.74) is 0.153. The third-order valence-corrected chi connectivity index (χ3v) is 1.98. The number of pyridine rings is 1. The van der Waals surface area contributed by atoms with Gasteiger partial charge in [-0.1, -0.05) is 0 Å². The Hall–Kier alpha value is -1.98. The number of carbonyl (C=O) groups is 2. The molecule has 0 bridgehead atoms. The monoisotopic (exact) mass is 226 g/mol. The van der Waals surface area contributed by atoms with Gasteiger partial charge in [-0.2, -0.15) is 4.39 Å². The summed E-state index contributed by atoms with van der Waals surface area (Å²) < 4.78 is 12.7. The fraction of sp³-hybridized carbons (Fsp3) is 0.300. The van der Waals surface area contributed by atoms with Crippen LogP contribution in [0.3, 0.4) is 0 Å². The molecule has 1 aromatic heterocycles. The number of carbonyl (C=O) groups excluding carboxylic acids is 1. The highest BCUT2D eigenvalue weighted by molar-refractivity contribution is 5.94. The quantitative estimate of drug-likeness (QED) is 0.770. The van der Waals surface area contributed by atoms with E-state index in [4.69, 9.17) is 5.11 Å². The second kappa shape index (κ2) is 5.20. The number of carboxylic acids is 1. The third-order valence-electron chi connectivity index (χ3n) is 1.98. The van der Waals surface area contributed by atoms with E-state index >= 15 is 0 Å². The van der Waals surface area contributed by atoms with E-state index in [1.807, 2.05) is 0 Å². The first-order chi connectivity index (χ1) is 7.50. The molecule has 1 heterocycles. The summed E-state index contributed by atoms with van der Waals surface area (Å²) >= 11 is 0. The molecule has 0 saturated heterocycles. The van der Waals surface area contributed by atoms with Crippen molar-refractivity contribution in [2.75, 3.05) is 13.6 Å². The normalized spacial score (nSPS) is 9.88. The van der Waals surface area contributed by atoms with Gasteiger partial charge in [-0.25, -0.2) is 4.98 Å². The topological polar surface area (TPSA) is 70.5 Å². The van der Waals surface area contributed by atoms with Gasteiger partial charge >= 0.3 is 5.97 Å². The minimum Gasteiger partial charge on any atom is -0.481 e. The molecule has 0 spiro atoms. The van der Waals surface area contributed by atoms with E-state index < -0.39 is 17.8 Å². The Labute approximate surface area is 91.5 Å². The highest BCUT2D eigenvalue weighted by atomic mass is 19.1. The second-order valence-electron chi connectivity index (χ2n) is 3.24. The number of aromatic nitrogens is 1. The molecule has 86 valence electrons. The van der Waals surface area contributed by atoms with Crippen molar-refractivity contribution in [2.24, 2.45) is 0 Å². The van der Waals surface area contributed by atoms with Crippen LogP contribution in [0, 0.1) is 5.95 Å². The largest absolute Gasteiger partial charge is 0.481 e. The van der Waals surface area contributed by atoms with Crippen LogP contribution in [0.5, 0.6) is 0 Å². The first-order valence-corrected chi connectivity index (χ1v) is 4.59. The summed E-state index contributed by atoms with van der Waals surface area (Å²) in [5.74, 6) is -2.15. The Morgan fingerprint density at radius 1 is 1.56 bits per heavy atom. The van der Waals surface area contributed by atoms with E-state index in [1.165, 1.54) is 24.2 Å². The lowest BCUT2D eigenvalue weighted by Crippen LogP contribution is -2.29. The molecule has 1 N–H and O–H groups in total.